The zero-order valence-electron chi connectivity index (χ0n) is 20.0. The molecule has 1 amide bonds. The van der Waals surface area contributed by atoms with Crippen molar-refractivity contribution in [2.24, 2.45) is 5.92 Å². The number of rotatable bonds is 6. The van der Waals surface area contributed by atoms with Crippen molar-refractivity contribution < 1.29 is 18.8 Å². The third-order valence-electron chi connectivity index (χ3n) is 5.99. The predicted octanol–water partition coefficient (Wildman–Crippen LogP) is 4.00. The number of hydrogen-bond acceptors (Lipinski definition) is 4. The van der Waals surface area contributed by atoms with Gasteiger partial charge in [-0.3, -0.25) is 0 Å². The van der Waals surface area contributed by atoms with Gasteiger partial charge in [-0.1, -0.05) is 81.4 Å². The summed E-state index contributed by atoms with van der Waals surface area (Å²) in [7, 11) is -2.74. The smallest absolute Gasteiger partial charge is 0.410 e. The highest BCUT2D eigenvalue weighted by Crippen LogP contribution is 2.38. The van der Waals surface area contributed by atoms with Crippen LogP contribution in [-0.2, 0) is 14.0 Å². The van der Waals surface area contributed by atoms with Crippen LogP contribution >= 0.6 is 0 Å². The van der Waals surface area contributed by atoms with Crippen LogP contribution in [0.1, 0.15) is 41.5 Å². The Bertz CT molecular complexity index is 879. The van der Waals surface area contributed by atoms with Gasteiger partial charge in [0.05, 0.1) is 18.6 Å². The zero-order valence-corrected chi connectivity index (χ0v) is 21.0. The molecule has 2 atom stereocenters. The normalized spacial score (nSPS) is 19.2. The van der Waals surface area contributed by atoms with Crippen molar-refractivity contribution in [1.29, 1.82) is 0 Å². The van der Waals surface area contributed by atoms with Gasteiger partial charge in [0.15, 0.2) is 0 Å². The Morgan fingerprint density at radius 3 is 1.88 bits per heavy atom. The number of ether oxygens (including phenoxy) is 1. The molecule has 0 bridgehead atoms. The first-order chi connectivity index (χ1) is 15.0. The molecule has 3 rings (SSSR count). The lowest BCUT2D eigenvalue weighted by atomic mass is 9.91. The molecule has 1 aliphatic heterocycles. The summed E-state index contributed by atoms with van der Waals surface area (Å²) in [6.07, 6.45) is 0.534. The molecule has 0 spiro atoms. The fourth-order valence-corrected chi connectivity index (χ4v) is 9.00. The molecule has 0 aliphatic carbocycles. The number of aldehydes is 1. The molecule has 0 N–H and O–H groups in total. The summed E-state index contributed by atoms with van der Waals surface area (Å²) in [4.78, 5) is 26.0. The zero-order chi connectivity index (χ0) is 23.6. The van der Waals surface area contributed by atoms with E-state index in [4.69, 9.17) is 9.16 Å². The Balaban J connectivity index is 1.96. The Hall–Kier alpha value is -2.44. The summed E-state index contributed by atoms with van der Waals surface area (Å²) in [5, 5.41) is 2.17. The van der Waals surface area contributed by atoms with Crippen LogP contribution in [0, 0.1) is 5.92 Å². The predicted molar refractivity (Wildman–Crippen MR) is 130 cm³/mol. The van der Waals surface area contributed by atoms with Gasteiger partial charge in [0.1, 0.15) is 11.9 Å². The molecular weight excluding hydrogens is 418 g/mol. The summed E-state index contributed by atoms with van der Waals surface area (Å²) in [5.74, 6) is -0.249. The van der Waals surface area contributed by atoms with Gasteiger partial charge in [0, 0.05) is 6.54 Å². The highest BCUT2D eigenvalue weighted by Gasteiger charge is 2.52. The summed E-state index contributed by atoms with van der Waals surface area (Å²) in [5.41, 5.74) is -0.591. The largest absolute Gasteiger partial charge is 0.444 e. The van der Waals surface area contributed by atoms with Crippen molar-refractivity contribution in [3.8, 4) is 0 Å². The topological polar surface area (TPSA) is 55.8 Å². The lowest BCUT2D eigenvalue weighted by molar-refractivity contribution is -0.121. The summed E-state index contributed by atoms with van der Waals surface area (Å²) >= 11 is 0. The highest BCUT2D eigenvalue weighted by atomic mass is 28.4. The molecule has 2 aromatic carbocycles. The average molecular weight is 454 g/mol. The Morgan fingerprint density at radius 1 is 0.969 bits per heavy atom. The Kier molecular flexibility index (Phi) is 6.96. The van der Waals surface area contributed by atoms with E-state index < -0.39 is 20.0 Å². The molecule has 0 radical (unpaired) electrons. The SMILES string of the molecule is CC(C)(C)OC(=O)N1C[C@@H](C=O)[C@@H]1CO[Si](c1ccccc1)(c1ccccc1)C(C)(C)C. The van der Waals surface area contributed by atoms with E-state index in [-0.39, 0.29) is 23.6 Å². The summed E-state index contributed by atoms with van der Waals surface area (Å²) in [6, 6.07) is 20.4. The first-order valence-corrected chi connectivity index (χ1v) is 13.1. The minimum Gasteiger partial charge on any atom is -0.444 e. The molecule has 2 aromatic rings. The maximum Gasteiger partial charge on any atom is 0.410 e. The second kappa shape index (κ2) is 9.20. The fourth-order valence-electron chi connectivity index (χ4n) is 4.43. The van der Waals surface area contributed by atoms with Crippen LogP contribution in [0.25, 0.3) is 0 Å². The third kappa shape index (κ3) is 4.81. The van der Waals surface area contributed by atoms with Gasteiger partial charge in [0.25, 0.3) is 8.32 Å². The number of carbonyl (C=O) groups is 2. The average Bonchev–Trinajstić information content (AvgIpc) is 2.70. The van der Waals surface area contributed by atoms with Crippen LogP contribution in [-0.4, -0.2) is 50.4 Å². The second-order valence-electron chi connectivity index (χ2n) is 10.5. The number of carbonyl (C=O) groups excluding carboxylic acids is 2. The maximum absolute atomic E-state index is 12.7. The van der Waals surface area contributed by atoms with Gasteiger partial charge in [-0.05, 0) is 36.2 Å². The number of benzene rings is 2. The van der Waals surface area contributed by atoms with Crippen LogP contribution in [0.15, 0.2) is 60.7 Å². The summed E-state index contributed by atoms with van der Waals surface area (Å²) < 4.78 is 12.5. The standard InChI is InChI=1S/C26H35NO4Si/c1-25(2,3)31-24(29)27-17-20(18-28)23(27)19-30-32(26(4,5)6,21-13-9-7-10-14-21)22-15-11-8-12-16-22/h7-16,18,20,23H,17,19H2,1-6H3/t20-,23-/m0/s1. The van der Waals surface area contributed by atoms with E-state index in [1.54, 1.807) is 4.90 Å². The molecular formula is C26H35NO4Si. The minimum atomic E-state index is -2.74. The molecule has 1 aliphatic rings. The minimum absolute atomic E-state index is 0.174. The number of amides is 1. The number of likely N-dealkylation sites (tertiary alicyclic amines) is 1. The van der Waals surface area contributed by atoms with E-state index in [9.17, 15) is 9.59 Å². The van der Waals surface area contributed by atoms with E-state index in [1.165, 1.54) is 10.4 Å². The molecule has 1 heterocycles. The molecule has 6 heteroatoms. The fraction of sp³-hybridized carbons (Fsp3) is 0.462. The lowest BCUT2D eigenvalue weighted by Crippen LogP contribution is -2.69. The molecule has 0 saturated carbocycles. The van der Waals surface area contributed by atoms with Crippen molar-refractivity contribution in [3.05, 3.63) is 60.7 Å². The molecule has 5 nitrogen and oxygen atoms in total. The number of nitrogens with zero attached hydrogens (tertiary/aromatic N) is 1. The van der Waals surface area contributed by atoms with Crippen molar-refractivity contribution in [1.82, 2.24) is 4.90 Å². The lowest BCUT2D eigenvalue weighted by Gasteiger charge is -2.49. The second-order valence-corrected chi connectivity index (χ2v) is 14.8. The number of hydrogen-bond donors (Lipinski definition) is 0. The van der Waals surface area contributed by atoms with Crippen LogP contribution in [0.2, 0.25) is 5.04 Å². The van der Waals surface area contributed by atoms with Gasteiger partial charge >= 0.3 is 6.09 Å². The van der Waals surface area contributed by atoms with E-state index >= 15 is 0 Å². The molecule has 1 fully saturated rings. The van der Waals surface area contributed by atoms with Crippen molar-refractivity contribution >= 4 is 31.1 Å². The highest BCUT2D eigenvalue weighted by molar-refractivity contribution is 6.99. The van der Waals surface area contributed by atoms with Crippen molar-refractivity contribution in [2.45, 2.75) is 58.2 Å². The summed E-state index contributed by atoms with van der Waals surface area (Å²) in [6.45, 7) is 12.8. The van der Waals surface area contributed by atoms with Crippen LogP contribution in [0.5, 0.6) is 0 Å². The van der Waals surface area contributed by atoms with E-state index in [0.29, 0.717) is 6.54 Å². The maximum atomic E-state index is 12.7. The molecule has 0 unspecified atom stereocenters. The van der Waals surface area contributed by atoms with Crippen LogP contribution < -0.4 is 10.4 Å². The van der Waals surface area contributed by atoms with Gasteiger partial charge in [0.2, 0.25) is 0 Å². The van der Waals surface area contributed by atoms with E-state index in [2.05, 4.69) is 45.0 Å². The first-order valence-electron chi connectivity index (χ1n) is 11.2. The quantitative estimate of drug-likeness (QED) is 0.490. The van der Waals surface area contributed by atoms with Gasteiger partial charge in [-0.15, -0.1) is 0 Å². The Labute approximate surface area is 192 Å². The van der Waals surface area contributed by atoms with Gasteiger partial charge in [-0.2, -0.15) is 0 Å². The third-order valence-corrected chi connectivity index (χ3v) is 11.0. The van der Waals surface area contributed by atoms with E-state index in [1.807, 2.05) is 57.2 Å². The molecule has 1 saturated heterocycles. The molecule has 32 heavy (non-hydrogen) atoms. The van der Waals surface area contributed by atoms with Crippen molar-refractivity contribution in [2.75, 3.05) is 13.2 Å². The Morgan fingerprint density at radius 2 is 1.47 bits per heavy atom. The van der Waals surface area contributed by atoms with Gasteiger partial charge < -0.3 is 18.9 Å². The monoisotopic (exact) mass is 453 g/mol. The molecule has 172 valence electrons. The molecule has 0 aromatic heterocycles. The van der Waals surface area contributed by atoms with Gasteiger partial charge in [-0.25, -0.2) is 4.79 Å². The van der Waals surface area contributed by atoms with E-state index in [0.717, 1.165) is 6.29 Å². The van der Waals surface area contributed by atoms with Crippen molar-refractivity contribution in [3.63, 3.8) is 0 Å². The van der Waals surface area contributed by atoms with Crippen LogP contribution in [0.4, 0.5) is 4.79 Å². The first kappa shape index (κ1) is 24.2. The van der Waals surface area contributed by atoms with Crippen LogP contribution in [0.3, 0.4) is 0 Å².